The SMILES string of the molecule is COCCC1(CNC(=O)C(C)N)CC1. The van der Waals surface area contributed by atoms with Crippen LogP contribution in [0.15, 0.2) is 0 Å². The second-order valence-electron chi connectivity index (χ2n) is 4.25. The number of hydrogen-bond acceptors (Lipinski definition) is 3. The lowest BCUT2D eigenvalue weighted by atomic mass is 10.0. The summed E-state index contributed by atoms with van der Waals surface area (Å²) in [5.41, 5.74) is 5.76. The molecule has 0 radical (unpaired) electrons. The van der Waals surface area contributed by atoms with Gasteiger partial charge in [-0.25, -0.2) is 0 Å². The molecular weight excluding hydrogens is 180 g/mol. The third kappa shape index (κ3) is 3.27. The van der Waals surface area contributed by atoms with Crippen LogP contribution in [0, 0.1) is 5.41 Å². The Bertz CT molecular complexity index is 200. The van der Waals surface area contributed by atoms with Crippen molar-refractivity contribution in [2.24, 2.45) is 11.1 Å². The highest BCUT2D eigenvalue weighted by atomic mass is 16.5. The van der Waals surface area contributed by atoms with E-state index in [1.165, 1.54) is 12.8 Å². The third-order valence-corrected chi connectivity index (χ3v) is 2.84. The zero-order chi connectivity index (χ0) is 10.6. The lowest BCUT2D eigenvalue weighted by Crippen LogP contribution is -2.41. The van der Waals surface area contributed by atoms with E-state index in [-0.39, 0.29) is 5.91 Å². The van der Waals surface area contributed by atoms with E-state index in [4.69, 9.17) is 10.5 Å². The molecule has 0 saturated heterocycles. The molecule has 0 aromatic heterocycles. The van der Waals surface area contributed by atoms with E-state index in [0.717, 1.165) is 19.6 Å². The number of nitrogens with one attached hydrogen (secondary N) is 1. The zero-order valence-electron chi connectivity index (χ0n) is 9.01. The van der Waals surface area contributed by atoms with Gasteiger partial charge in [0.2, 0.25) is 5.91 Å². The highest BCUT2D eigenvalue weighted by molar-refractivity contribution is 5.81. The maximum atomic E-state index is 11.2. The maximum Gasteiger partial charge on any atom is 0.236 e. The monoisotopic (exact) mass is 200 g/mol. The Balaban J connectivity index is 2.20. The van der Waals surface area contributed by atoms with E-state index in [0.29, 0.717) is 5.41 Å². The van der Waals surface area contributed by atoms with Gasteiger partial charge in [0.1, 0.15) is 0 Å². The van der Waals surface area contributed by atoms with Crippen molar-refractivity contribution in [3.63, 3.8) is 0 Å². The predicted octanol–water partition coefficient (Wildman–Crippen LogP) is 0.267. The van der Waals surface area contributed by atoms with E-state index in [1.807, 2.05) is 0 Å². The van der Waals surface area contributed by atoms with Crippen LogP contribution in [-0.2, 0) is 9.53 Å². The summed E-state index contributed by atoms with van der Waals surface area (Å²) in [7, 11) is 1.70. The second-order valence-corrected chi connectivity index (χ2v) is 4.25. The van der Waals surface area contributed by atoms with Gasteiger partial charge < -0.3 is 15.8 Å². The Morgan fingerprint density at radius 3 is 2.71 bits per heavy atom. The summed E-state index contributed by atoms with van der Waals surface area (Å²) >= 11 is 0. The molecule has 1 unspecified atom stereocenters. The number of methoxy groups -OCH3 is 1. The molecule has 0 heterocycles. The van der Waals surface area contributed by atoms with Gasteiger partial charge >= 0.3 is 0 Å². The van der Waals surface area contributed by atoms with Gasteiger partial charge in [-0.3, -0.25) is 4.79 Å². The smallest absolute Gasteiger partial charge is 0.236 e. The number of rotatable bonds is 6. The van der Waals surface area contributed by atoms with E-state index in [1.54, 1.807) is 14.0 Å². The number of carbonyl (C=O) groups is 1. The fraction of sp³-hybridized carbons (Fsp3) is 0.900. The van der Waals surface area contributed by atoms with Gasteiger partial charge in [0.25, 0.3) is 0 Å². The molecule has 1 saturated carbocycles. The minimum atomic E-state index is -0.409. The van der Waals surface area contributed by atoms with E-state index >= 15 is 0 Å². The van der Waals surface area contributed by atoms with Gasteiger partial charge in [-0.2, -0.15) is 0 Å². The van der Waals surface area contributed by atoms with Crippen LogP contribution < -0.4 is 11.1 Å². The molecule has 1 fully saturated rings. The summed E-state index contributed by atoms with van der Waals surface area (Å²) in [6.45, 7) is 3.22. The fourth-order valence-electron chi connectivity index (χ4n) is 1.45. The normalized spacial score (nSPS) is 20.2. The molecular formula is C10H20N2O2. The van der Waals surface area contributed by atoms with Gasteiger partial charge in [-0.05, 0) is 31.6 Å². The average Bonchev–Trinajstić information content (AvgIpc) is 2.92. The molecule has 0 aromatic carbocycles. The van der Waals surface area contributed by atoms with Gasteiger partial charge in [-0.1, -0.05) is 0 Å². The molecule has 1 atom stereocenters. The van der Waals surface area contributed by atoms with Crippen LogP contribution in [-0.4, -0.2) is 32.2 Å². The molecule has 3 N–H and O–H groups in total. The van der Waals surface area contributed by atoms with E-state index in [9.17, 15) is 4.79 Å². The number of carbonyl (C=O) groups excluding carboxylic acids is 1. The lowest BCUT2D eigenvalue weighted by Gasteiger charge is -2.16. The minimum absolute atomic E-state index is 0.0614. The first-order valence-corrected chi connectivity index (χ1v) is 5.12. The summed E-state index contributed by atoms with van der Waals surface area (Å²) in [6.07, 6.45) is 3.41. The molecule has 0 aromatic rings. The van der Waals surface area contributed by atoms with Crippen molar-refractivity contribution in [1.82, 2.24) is 5.32 Å². The van der Waals surface area contributed by atoms with Crippen molar-refractivity contribution in [2.45, 2.75) is 32.2 Å². The second kappa shape index (κ2) is 4.75. The van der Waals surface area contributed by atoms with Crippen LogP contribution in [0.1, 0.15) is 26.2 Å². The first-order valence-electron chi connectivity index (χ1n) is 5.12. The van der Waals surface area contributed by atoms with Crippen LogP contribution >= 0.6 is 0 Å². The van der Waals surface area contributed by atoms with Crippen molar-refractivity contribution in [1.29, 1.82) is 0 Å². The number of nitrogens with two attached hydrogens (primary N) is 1. The third-order valence-electron chi connectivity index (χ3n) is 2.84. The highest BCUT2D eigenvalue weighted by Crippen LogP contribution is 2.48. The summed E-state index contributed by atoms with van der Waals surface area (Å²) in [6, 6.07) is -0.409. The summed E-state index contributed by atoms with van der Waals surface area (Å²) in [4.78, 5) is 11.2. The first-order chi connectivity index (χ1) is 6.59. The van der Waals surface area contributed by atoms with Crippen LogP contribution in [0.4, 0.5) is 0 Å². The molecule has 14 heavy (non-hydrogen) atoms. The van der Waals surface area contributed by atoms with Crippen molar-refractivity contribution in [3.05, 3.63) is 0 Å². The molecule has 4 nitrogen and oxygen atoms in total. The predicted molar refractivity (Wildman–Crippen MR) is 54.8 cm³/mol. The van der Waals surface area contributed by atoms with Gasteiger partial charge in [0.15, 0.2) is 0 Å². The molecule has 1 rings (SSSR count). The van der Waals surface area contributed by atoms with Crippen molar-refractivity contribution in [2.75, 3.05) is 20.3 Å². The summed E-state index contributed by atoms with van der Waals surface area (Å²) in [5.74, 6) is -0.0614. The van der Waals surface area contributed by atoms with E-state index in [2.05, 4.69) is 5.32 Å². The molecule has 1 amide bonds. The largest absolute Gasteiger partial charge is 0.385 e. The summed E-state index contributed by atoms with van der Waals surface area (Å²) < 4.78 is 5.03. The Kier molecular flexibility index (Phi) is 3.89. The zero-order valence-corrected chi connectivity index (χ0v) is 9.01. The molecule has 0 aliphatic heterocycles. The Morgan fingerprint density at radius 1 is 1.64 bits per heavy atom. The minimum Gasteiger partial charge on any atom is -0.385 e. The van der Waals surface area contributed by atoms with Gasteiger partial charge in [-0.15, -0.1) is 0 Å². The Labute approximate surface area is 85.2 Å². The summed E-state index contributed by atoms with van der Waals surface area (Å²) in [5, 5.41) is 2.87. The molecule has 0 spiro atoms. The topological polar surface area (TPSA) is 64.3 Å². The maximum absolute atomic E-state index is 11.2. The van der Waals surface area contributed by atoms with Gasteiger partial charge in [0.05, 0.1) is 6.04 Å². The lowest BCUT2D eigenvalue weighted by molar-refractivity contribution is -0.122. The number of ether oxygens (including phenoxy) is 1. The molecule has 1 aliphatic carbocycles. The molecule has 0 bridgehead atoms. The molecule has 82 valence electrons. The highest BCUT2D eigenvalue weighted by Gasteiger charge is 2.42. The van der Waals surface area contributed by atoms with E-state index < -0.39 is 6.04 Å². The quantitative estimate of drug-likeness (QED) is 0.646. The van der Waals surface area contributed by atoms with Crippen molar-refractivity contribution in [3.8, 4) is 0 Å². The van der Waals surface area contributed by atoms with Crippen molar-refractivity contribution < 1.29 is 9.53 Å². The van der Waals surface area contributed by atoms with Gasteiger partial charge in [0, 0.05) is 20.3 Å². The number of amides is 1. The van der Waals surface area contributed by atoms with Crippen LogP contribution in [0.5, 0.6) is 0 Å². The van der Waals surface area contributed by atoms with Crippen molar-refractivity contribution >= 4 is 5.91 Å². The Morgan fingerprint density at radius 2 is 2.29 bits per heavy atom. The first kappa shape index (κ1) is 11.5. The van der Waals surface area contributed by atoms with Crippen LogP contribution in [0.3, 0.4) is 0 Å². The average molecular weight is 200 g/mol. The van der Waals surface area contributed by atoms with Crippen LogP contribution in [0.2, 0.25) is 0 Å². The standard InChI is InChI=1S/C10H20N2O2/c1-8(11)9(13)12-7-10(3-4-10)5-6-14-2/h8H,3-7,11H2,1-2H3,(H,12,13). The van der Waals surface area contributed by atoms with Crippen LogP contribution in [0.25, 0.3) is 0 Å². The molecule has 4 heteroatoms. The fourth-order valence-corrected chi connectivity index (χ4v) is 1.45. The molecule has 1 aliphatic rings. The Hall–Kier alpha value is -0.610. The number of hydrogen-bond donors (Lipinski definition) is 2.